The molecule has 0 saturated carbocycles. The molecule has 6 nitrogen and oxygen atoms in total. The monoisotopic (exact) mass is 366 g/mol. The van der Waals surface area contributed by atoms with Crippen LogP contribution in [0.5, 0.6) is 0 Å². The van der Waals surface area contributed by atoms with E-state index >= 15 is 0 Å². The van der Waals surface area contributed by atoms with E-state index in [1.807, 2.05) is 0 Å². The summed E-state index contributed by atoms with van der Waals surface area (Å²) in [5.41, 5.74) is 2.86. The van der Waals surface area contributed by atoms with E-state index in [9.17, 15) is 0 Å². The van der Waals surface area contributed by atoms with E-state index in [1.54, 1.807) is 24.4 Å². The van der Waals surface area contributed by atoms with Gasteiger partial charge in [-0.25, -0.2) is 15.0 Å². The summed E-state index contributed by atoms with van der Waals surface area (Å²) in [6, 6.07) is 6.32. The molecule has 0 fully saturated rings. The first kappa shape index (κ1) is 17.0. The van der Waals surface area contributed by atoms with E-state index in [4.69, 9.17) is 4.99 Å². The lowest BCUT2D eigenvalue weighted by atomic mass is 10.1. The van der Waals surface area contributed by atoms with Crippen molar-refractivity contribution in [1.82, 2.24) is 24.8 Å². The molecule has 1 unspecified atom stereocenters. The van der Waals surface area contributed by atoms with E-state index in [1.165, 1.54) is 10.8 Å². The number of H-pyrrole nitrogens is 1. The summed E-state index contributed by atoms with van der Waals surface area (Å²) >= 11 is 1.69. The van der Waals surface area contributed by atoms with Crippen molar-refractivity contribution >= 4 is 29.1 Å². The molecule has 26 heavy (non-hydrogen) atoms. The van der Waals surface area contributed by atoms with Crippen LogP contribution in [0.15, 0.2) is 40.9 Å². The zero-order valence-electron chi connectivity index (χ0n) is 15.2. The maximum Gasteiger partial charge on any atom is 0.181 e. The SMILES string of the molecule is Cc1cccc2c1=CN(CC(C)C)C(CSc1ncnc3nc[nH]c13)N=2. The lowest BCUT2D eigenvalue weighted by molar-refractivity contribution is 0.290. The van der Waals surface area contributed by atoms with Crippen LogP contribution in [-0.4, -0.2) is 43.3 Å². The maximum atomic E-state index is 5.03. The Balaban J connectivity index is 1.64. The first-order chi connectivity index (χ1) is 12.6. The molecule has 7 heteroatoms. The van der Waals surface area contributed by atoms with E-state index < -0.39 is 0 Å². The largest absolute Gasteiger partial charge is 0.354 e. The summed E-state index contributed by atoms with van der Waals surface area (Å²) in [6.07, 6.45) is 5.59. The average Bonchev–Trinajstić information content (AvgIpc) is 3.09. The summed E-state index contributed by atoms with van der Waals surface area (Å²) in [5.74, 6) is 1.39. The van der Waals surface area contributed by atoms with Gasteiger partial charge < -0.3 is 9.88 Å². The Hall–Kier alpha value is -2.41. The molecular weight excluding hydrogens is 344 g/mol. The van der Waals surface area contributed by atoms with Crippen molar-refractivity contribution in [1.29, 1.82) is 0 Å². The van der Waals surface area contributed by atoms with E-state index in [0.29, 0.717) is 11.6 Å². The fourth-order valence-electron chi connectivity index (χ4n) is 3.17. The molecule has 0 spiro atoms. The number of nitrogens with one attached hydrogen (secondary N) is 1. The van der Waals surface area contributed by atoms with Crippen LogP contribution >= 0.6 is 11.8 Å². The van der Waals surface area contributed by atoms with Gasteiger partial charge in [0, 0.05) is 23.7 Å². The predicted octanol–water partition coefficient (Wildman–Crippen LogP) is 2.11. The molecule has 134 valence electrons. The highest BCUT2D eigenvalue weighted by Gasteiger charge is 2.20. The van der Waals surface area contributed by atoms with Crippen molar-refractivity contribution in [2.75, 3.05) is 12.3 Å². The molecule has 3 heterocycles. The van der Waals surface area contributed by atoms with Gasteiger partial charge in [0.25, 0.3) is 0 Å². The van der Waals surface area contributed by atoms with Crippen LogP contribution in [0.3, 0.4) is 0 Å². The summed E-state index contributed by atoms with van der Waals surface area (Å²) in [7, 11) is 0. The van der Waals surface area contributed by atoms with Crippen molar-refractivity contribution in [3.8, 4) is 0 Å². The third kappa shape index (κ3) is 3.31. The van der Waals surface area contributed by atoms with Gasteiger partial charge in [0.15, 0.2) is 5.65 Å². The minimum absolute atomic E-state index is 0.0876. The number of hydrogen-bond acceptors (Lipinski definition) is 6. The quantitative estimate of drug-likeness (QED) is 0.553. The van der Waals surface area contributed by atoms with Gasteiger partial charge in [-0.1, -0.05) is 37.7 Å². The standard InChI is InChI=1S/C19H22N6S/c1-12(2)7-25-8-14-13(3)5-4-6-15(14)24-16(25)9-26-19-17-18(21-10-20-17)22-11-23-19/h4-6,8,10-12,16H,7,9H2,1-3H3,(H,20,21,22,23). The Labute approximate surface area is 156 Å². The molecule has 3 aromatic rings. The van der Waals surface area contributed by atoms with Crippen molar-refractivity contribution < 1.29 is 0 Å². The summed E-state index contributed by atoms with van der Waals surface area (Å²) in [5, 5.41) is 3.22. The summed E-state index contributed by atoms with van der Waals surface area (Å²) < 4.78 is 0. The number of aromatic amines is 1. The normalized spacial score (nSPS) is 16.5. The number of thioether (sulfide) groups is 1. The van der Waals surface area contributed by atoms with Gasteiger partial charge in [0.05, 0.1) is 11.7 Å². The molecule has 0 radical (unpaired) electrons. The number of hydrogen-bond donors (Lipinski definition) is 1. The fraction of sp³-hybridized carbons (Fsp3) is 0.368. The van der Waals surface area contributed by atoms with Crippen molar-refractivity contribution in [2.45, 2.75) is 32.0 Å². The lowest BCUT2D eigenvalue weighted by Crippen LogP contribution is -2.45. The zero-order valence-corrected chi connectivity index (χ0v) is 16.0. The Morgan fingerprint density at radius 2 is 2.12 bits per heavy atom. The molecule has 0 amide bonds. The molecule has 1 N–H and O–H groups in total. The molecule has 1 aliphatic rings. The highest BCUT2D eigenvalue weighted by molar-refractivity contribution is 7.99. The number of imidazole rings is 1. The number of aromatic nitrogens is 4. The Bertz CT molecular complexity index is 1040. The molecule has 2 aromatic heterocycles. The van der Waals surface area contributed by atoms with Crippen LogP contribution in [0.2, 0.25) is 0 Å². The van der Waals surface area contributed by atoms with Crippen LogP contribution in [0.1, 0.15) is 19.4 Å². The fourth-order valence-corrected chi connectivity index (χ4v) is 4.16. The molecule has 4 rings (SSSR count). The van der Waals surface area contributed by atoms with Crippen molar-refractivity contribution in [3.05, 3.63) is 47.0 Å². The van der Waals surface area contributed by atoms with Crippen LogP contribution in [0, 0.1) is 12.8 Å². The van der Waals surface area contributed by atoms with Gasteiger partial charge in [0.2, 0.25) is 0 Å². The predicted molar refractivity (Wildman–Crippen MR) is 104 cm³/mol. The first-order valence-electron chi connectivity index (χ1n) is 8.80. The zero-order chi connectivity index (χ0) is 18.1. The van der Waals surface area contributed by atoms with Crippen LogP contribution < -0.4 is 10.6 Å². The smallest absolute Gasteiger partial charge is 0.181 e. The minimum Gasteiger partial charge on any atom is -0.354 e. The molecular formula is C19H22N6S. The maximum absolute atomic E-state index is 5.03. The third-order valence-electron chi connectivity index (χ3n) is 4.40. The van der Waals surface area contributed by atoms with Gasteiger partial charge in [0.1, 0.15) is 23.0 Å². The third-order valence-corrected chi connectivity index (χ3v) is 5.45. The molecule has 0 saturated heterocycles. The number of fused-ring (bicyclic) bond motifs is 2. The molecule has 1 aromatic carbocycles. The van der Waals surface area contributed by atoms with Crippen molar-refractivity contribution in [2.24, 2.45) is 10.9 Å². The highest BCUT2D eigenvalue weighted by atomic mass is 32.2. The number of rotatable bonds is 5. The average molecular weight is 366 g/mol. The van der Waals surface area contributed by atoms with Crippen molar-refractivity contribution in [3.63, 3.8) is 0 Å². The van der Waals surface area contributed by atoms with E-state index in [-0.39, 0.29) is 6.17 Å². The van der Waals surface area contributed by atoms with Gasteiger partial charge in [-0.3, -0.25) is 4.99 Å². The van der Waals surface area contributed by atoms with E-state index in [2.05, 4.69) is 70.0 Å². The summed E-state index contributed by atoms with van der Waals surface area (Å²) in [4.78, 5) is 23.3. The Morgan fingerprint density at radius 1 is 1.23 bits per heavy atom. The molecule has 0 aliphatic carbocycles. The highest BCUT2D eigenvalue weighted by Crippen LogP contribution is 2.24. The topological polar surface area (TPSA) is 70.1 Å². The van der Waals surface area contributed by atoms with Crippen LogP contribution in [-0.2, 0) is 0 Å². The minimum atomic E-state index is 0.0876. The number of benzene rings is 1. The second kappa shape index (κ2) is 7.07. The molecule has 1 atom stereocenters. The second-order valence-electron chi connectivity index (χ2n) is 6.93. The van der Waals surface area contributed by atoms with E-state index in [0.717, 1.165) is 28.2 Å². The van der Waals surface area contributed by atoms with Gasteiger partial charge in [-0.2, -0.15) is 0 Å². The Morgan fingerprint density at radius 3 is 2.96 bits per heavy atom. The van der Waals surface area contributed by atoms with Gasteiger partial charge >= 0.3 is 0 Å². The second-order valence-corrected chi connectivity index (χ2v) is 7.94. The Kier molecular flexibility index (Phi) is 4.63. The summed E-state index contributed by atoms with van der Waals surface area (Å²) in [6.45, 7) is 7.60. The molecule has 1 aliphatic heterocycles. The van der Waals surface area contributed by atoms with Crippen LogP contribution in [0.4, 0.5) is 0 Å². The number of nitrogens with zero attached hydrogens (tertiary/aromatic N) is 5. The van der Waals surface area contributed by atoms with Gasteiger partial charge in [-0.15, -0.1) is 0 Å². The van der Waals surface area contributed by atoms with Gasteiger partial charge in [-0.05, 0) is 24.5 Å². The van der Waals surface area contributed by atoms with Crippen LogP contribution in [0.25, 0.3) is 17.4 Å². The number of aryl methyl sites for hydroxylation is 1. The molecule has 0 bridgehead atoms. The lowest BCUT2D eigenvalue weighted by Gasteiger charge is -2.31. The first-order valence-corrected chi connectivity index (χ1v) is 9.78.